The molecule has 27 heavy (non-hydrogen) atoms. The van der Waals surface area contributed by atoms with E-state index >= 15 is 0 Å². The quantitative estimate of drug-likeness (QED) is 0.653. The molecule has 2 N–H and O–H groups in total. The second-order valence-corrected chi connectivity index (χ2v) is 6.78. The zero-order valence-electron chi connectivity index (χ0n) is 15.3. The van der Waals surface area contributed by atoms with Crippen LogP contribution in [0.4, 0.5) is 11.6 Å². The number of amides is 1. The maximum absolute atomic E-state index is 12.5. The van der Waals surface area contributed by atoms with Crippen molar-refractivity contribution >= 4 is 29.1 Å². The number of aromatic nitrogens is 2. The molecule has 0 spiro atoms. The first kappa shape index (κ1) is 18.9. The van der Waals surface area contributed by atoms with E-state index in [0.717, 1.165) is 34.0 Å². The van der Waals surface area contributed by atoms with Gasteiger partial charge in [-0.15, -0.1) is 0 Å². The molecule has 0 saturated heterocycles. The summed E-state index contributed by atoms with van der Waals surface area (Å²) in [7, 11) is 0. The Labute approximate surface area is 163 Å². The van der Waals surface area contributed by atoms with E-state index in [0.29, 0.717) is 18.2 Å². The molecule has 3 aromatic rings. The van der Waals surface area contributed by atoms with Crippen LogP contribution in [0.3, 0.4) is 0 Å². The lowest BCUT2D eigenvalue weighted by atomic mass is 10.1. The third kappa shape index (κ3) is 5.53. The molecule has 5 nitrogen and oxygen atoms in total. The molecule has 1 aromatic heterocycles. The Kier molecular flexibility index (Phi) is 6.04. The molecule has 0 aliphatic heterocycles. The van der Waals surface area contributed by atoms with E-state index in [4.69, 9.17) is 11.6 Å². The van der Waals surface area contributed by atoms with Gasteiger partial charge in [0.05, 0.1) is 0 Å². The van der Waals surface area contributed by atoms with E-state index in [9.17, 15) is 4.79 Å². The number of hydrogen-bond donors (Lipinski definition) is 2. The minimum Gasteiger partial charge on any atom is -0.354 e. The molecule has 0 saturated carbocycles. The zero-order chi connectivity index (χ0) is 19.2. The van der Waals surface area contributed by atoms with Crippen molar-refractivity contribution < 1.29 is 4.79 Å². The van der Waals surface area contributed by atoms with Crippen LogP contribution < -0.4 is 10.6 Å². The number of halogens is 1. The number of nitrogens with zero attached hydrogens (tertiary/aromatic N) is 2. The highest BCUT2D eigenvalue weighted by molar-refractivity contribution is 6.30. The van der Waals surface area contributed by atoms with Gasteiger partial charge in [-0.25, -0.2) is 9.97 Å². The van der Waals surface area contributed by atoms with E-state index in [1.807, 2.05) is 62.4 Å². The van der Waals surface area contributed by atoms with Gasteiger partial charge in [0.2, 0.25) is 5.95 Å². The molecule has 138 valence electrons. The van der Waals surface area contributed by atoms with Crippen molar-refractivity contribution in [2.75, 3.05) is 17.2 Å². The first-order valence-electron chi connectivity index (χ1n) is 8.71. The van der Waals surface area contributed by atoms with Crippen LogP contribution in [0.25, 0.3) is 0 Å². The van der Waals surface area contributed by atoms with Crippen LogP contribution in [-0.2, 0) is 6.42 Å². The molecular formula is C21H21ClN4O. The van der Waals surface area contributed by atoms with E-state index < -0.39 is 0 Å². The predicted molar refractivity (Wildman–Crippen MR) is 110 cm³/mol. The number of nitrogens with one attached hydrogen (secondary N) is 2. The van der Waals surface area contributed by atoms with Gasteiger partial charge in [0.15, 0.2) is 0 Å². The Hall–Kier alpha value is -2.92. The summed E-state index contributed by atoms with van der Waals surface area (Å²) in [5.41, 5.74) is 4.10. The lowest BCUT2D eigenvalue weighted by Gasteiger charge is -2.09. The normalized spacial score (nSPS) is 10.5. The summed E-state index contributed by atoms with van der Waals surface area (Å²) in [5, 5.41) is 6.76. The predicted octanol–water partition coefficient (Wildman–Crippen LogP) is 4.65. The van der Waals surface area contributed by atoms with Crippen LogP contribution in [0, 0.1) is 13.8 Å². The summed E-state index contributed by atoms with van der Waals surface area (Å²) in [5.74, 6) is 0.183. The van der Waals surface area contributed by atoms with Gasteiger partial charge in [0, 0.05) is 22.9 Å². The second-order valence-electron chi connectivity index (χ2n) is 6.34. The van der Waals surface area contributed by atoms with Crippen molar-refractivity contribution in [3.63, 3.8) is 0 Å². The van der Waals surface area contributed by atoms with Crippen LogP contribution in [-0.4, -0.2) is 22.4 Å². The molecule has 0 bridgehead atoms. The average Bonchev–Trinajstić information content (AvgIpc) is 2.65. The van der Waals surface area contributed by atoms with Gasteiger partial charge in [-0.3, -0.25) is 4.79 Å². The summed E-state index contributed by atoms with van der Waals surface area (Å²) in [6.45, 7) is 4.50. The first-order valence-corrected chi connectivity index (χ1v) is 9.09. The first-order chi connectivity index (χ1) is 13.0. The standard InChI is InChI=1S/C21H21ClN4O/c1-14-3-9-18(10-4-14)25-20(27)19-13-15(2)24-21(26-19)23-12-11-16-5-7-17(22)8-6-16/h3-10,13H,11-12H2,1-2H3,(H,25,27)(H,23,24,26). The Morgan fingerprint density at radius 1 is 1.00 bits per heavy atom. The Morgan fingerprint density at radius 3 is 2.41 bits per heavy atom. The lowest BCUT2D eigenvalue weighted by molar-refractivity contribution is 0.102. The molecular weight excluding hydrogens is 360 g/mol. The largest absolute Gasteiger partial charge is 0.354 e. The number of benzene rings is 2. The highest BCUT2D eigenvalue weighted by Gasteiger charge is 2.11. The van der Waals surface area contributed by atoms with Crippen molar-refractivity contribution in [3.8, 4) is 0 Å². The molecule has 2 aromatic carbocycles. The fraction of sp³-hybridized carbons (Fsp3) is 0.190. The molecule has 0 unspecified atom stereocenters. The van der Waals surface area contributed by atoms with Crippen molar-refractivity contribution in [2.45, 2.75) is 20.3 Å². The minimum absolute atomic E-state index is 0.259. The highest BCUT2D eigenvalue weighted by Crippen LogP contribution is 2.13. The van der Waals surface area contributed by atoms with E-state index in [1.165, 1.54) is 0 Å². The highest BCUT2D eigenvalue weighted by atomic mass is 35.5. The van der Waals surface area contributed by atoms with Crippen molar-refractivity contribution in [1.29, 1.82) is 0 Å². The van der Waals surface area contributed by atoms with Crippen LogP contribution >= 0.6 is 11.6 Å². The van der Waals surface area contributed by atoms with Gasteiger partial charge in [-0.05, 0) is 56.2 Å². The van der Waals surface area contributed by atoms with E-state index in [1.54, 1.807) is 6.07 Å². The topological polar surface area (TPSA) is 66.9 Å². The summed E-state index contributed by atoms with van der Waals surface area (Å²) < 4.78 is 0. The SMILES string of the molecule is Cc1ccc(NC(=O)c2cc(C)nc(NCCc3ccc(Cl)cc3)n2)cc1. The van der Waals surface area contributed by atoms with Crippen molar-refractivity contribution in [1.82, 2.24) is 9.97 Å². The molecule has 0 atom stereocenters. The molecule has 1 amide bonds. The third-order valence-electron chi connectivity index (χ3n) is 4.01. The Morgan fingerprint density at radius 2 is 1.70 bits per heavy atom. The molecule has 0 aliphatic rings. The van der Waals surface area contributed by atoms with E-state index in [2.05, 4.69) is 20.6 Å². The van der Waals surface area contributed by atoms with Crippen molar-refractivity contribution in [2.24, 2.45) is 0 Å². The fourth-order valence-electron chi connectivity index (χ4n) is 2.57. The summed E-state index contributed by atoms with van der Waals surface area (Å²) in [4.78, 5) is 21.2. The van der Waals surface area contributed by atoms with Crippen LogP contribution in [0.2, 0.25) is 5.02 Å². The van der Waals surface area contributed by atoms with Crippen LogP contribution in [0.15, 0.2) is 54.6 Å². The Bertz CT molecular complexity index is 924. The van der Waals surface area contributed by atoms with Gasteiger partial charge in [0.25, 0.3) is 5.91 Å². The number of aryl methyl sites for hydroxylation is 2. The molecule has 3 rings (SSSR count). The molecule has 0 aliphatic carbocycles. The Balaban J connectivity index is 1.63. The second kappa shape index (κ2) is 8.64. The molecule has 6 heteroatoms. The molecule has 1 heterocycles. The van der Waals surface area contributed by atoms with Gasteiger partial charge >= 0.3 is 0 Å². The zero-order valence-corrected chi connectivity index (χ0v) is 16.0. The van der Waals surface area contributed by atoms with Crippen molar-refractivity contribution in [3.05, 3.63) is 82.1 Å². The molecule has 0 fully saturated rings. The number of carbonyl (C=O) groups is 1. The third-order valence-corrected chi connectivity index (χ3v) is 4.26. The van der Waals surface area contributed by atoms with Crippen LogP contribution in [0.1, 0.15) is 27.3 Å². The van der Waals surface area contributed by atoms with Gasteiger partial charge in [0.1, 0.15) is 5.69 Å². The smallest absolute Gasteiger partial charge is 0.274 e. The maximum Gasteiger partial charge on any atom is 0.274 e. The lowest BCUT2D eigenvalue weighted by Crippen LogP contribution is -2.16. The maximum atomic E-state index is 12.5. The minimum atomic E-state index is -0.259. The summed E-state index contributed by atoms with van der Waals surface area (Å²) in [6.07, 6.45) is 0.805. The number of anilines is 2. The summed E-state index contributed by atoms with van der Waals surface area (Å²) >= 11 is 5.90. The molecule has 0 radical (unpaired) electrons. The van der Waals surface area contributed by atoms with Gasteiger partial charge in [-0.1, -0.05) is 41.4 Å². The van der Waals surface area contributed by atoms with E-state index in [-0.39, 0.29) is 5.91 Å². The average molecular weight is 381 g/mol. The monoisotopic (exact) mass is 380 g/mol. The number of hydrogen-bond acceptors (Lipinski definition) is 4. The van der Waals surface area contributed by atoms with Gasteiger partial charge in [-0.2, -0.15) is 0 Å². The number of carbonyl (C=O) groups excluding carboxylic acids is 1. The summed E-state index contributed by atoms with van der Waals surface area (Å²) in [6, 6.07) is 17.0. The van der Waals surface area contributed by atoms with Crippen LogP contribution in [0.5, 0.6) is 0 Å². The fourth-order valence-corrected chi connectivity index (χ4v) is 2.69. The number of rotatable bonds is 6. The van der Waals surface area contributed by atoms with Gasteiger partial charge < -0.3 is 10.6 Å².